The summed E-state index contributed by atoms with van der Waals surface area (Å²) in [5.41, 5.74) is 4.15. The van der Waals surface area contributed by atoms with Crippen molar-refractivity contribution in [2.75, 3.05) is 0 Å². The fraction of sp³-hybridized carbons (Fsp3) is 0.250. The van der Waals surface area contributed by atoms with E-state index in [9.17, 15) is 0 Å². The van der Waals surface area contributed by atoms with Crippen LogP contribution in [0.3, 0.4) is 0 Å². The first-order chi connectivity index (χ1) is 9.10. The zero-order valence-electron chi connectivity index (χ0n) is 11.1. The Hall–Kier alpha value is -1.32. The van der Waals surface area contributed by atoms with Crippen molar-refractivity contribution in [3.8, 4) is 5.75 Å². The quantitative estimate of drug-likeness (QED) is 0.917. The van der Waals surface area contributed by atoms with E-state index in [0.29, 0.717) is 6.61 Å². The Labute approximate surface area is 122 Å². The average molecular weight is 321 g/mol. The van der Waals surface area contributed by atoms with Crippen molar-refractivity contribution in [2.24, 2.45) is 0 Å². The van der Waals surface area contributed by atoms with E-state index in [1.165, 1.54) is 0 Å². The minimum atomic E-state index is 0.0631. The summed E-state index contributed by atoms with van der Waals surface area (Å²) in [6.45, 7) is 4.61. The van der Waals surface area contributed by atoms with Gasteiger partial charge in [0.25, 0.3) is 0 Å². The highest BCUT2D eigenvalue weighted by Gasteiger charge is 2.06. The van der Waals surface area contributed by atoms with Gasteiger partial charge in [0.1, 0.15) is 12.4 Å². The van der Waals surface area contributed by atoms with Gasteiger partial charge in [-0.05, 0) is 48.2 Å². The molecule has 0 aliphatic heterocycles. The molecule has 0 heterocycles. The molecule has 0 saturated carbocycles. The maximum absolute atomic E-state index is 9.17. The molecule has 0 spiro atoms. The van der Waals surface area contributed by atoms with Gasteiger partial charge in [-0.2, -0.15) is 0 Å². The van der Waals surface area contributed by atoms with Crippen LogP contribution >= 0.6 is 15.9 Å². The number of halogens is 1. The monoisotopic (exact) mass is 320 g/mol. The molecule has 0 fully saturated rings. The number of aryl methyl sites for hydroxylation is 2. The van der Waals surface area contributed by atoms with Crippen LogP contribution in [-0.4, -0.2) is 5.11 Å². The smallest absolute Gasteiger partial charge is 0.125 e. The summed E-state index contributed by atoms with van der Waals surface area (Å²) in [6, 6.07) is 12.0. The minimum Gasteiger partial charge on any atom is -0.488 e. The summed E-state index contributed by atoms with van der Waals surface area (Å²) in [6.07, 6.45) is 0. The van der Waals surface area contributed by atoms with E-state index in [0.717, 1.165) is 32.5 Å². The van der Waals surface area contributed by atoms with Crippen molar-refractivity contribution in [3.63, 3.8) is 0 Å². The second-order valence-corrected chi connectivity index (χ2v) is 5.55. The van der Waals surface area contributed by atoms with Crippen LogP contribution in [0.2, 0.25) is 0 Å². The van der Waals surface area contributed by atoms with Crippen LogP contribution in [0.4, 0.5) is 0 Å². The summed E-state index contributed by atoms with van der Waals surface area (Å²) in [7, 11) is 0. The van der Waals surface area contributed by atoms with Gasteiger partial charge >= 0.3 is 0 Å². The number of benzene rings is 2. The number of hydrogen-bond donors (Lipinski definition) is 1. The van der Waals surface area contributed by atoms with E-state index in [1.807, 2.05) is 50.2 Å². The van der Waals surface area contributed by atoms with Gasteiger partial charge in [0, 0.05) is 4.47 Å². The minimum absolute atomic E-state index is 0.0631. The first-order valence-corrected chi connectivity index (χ1v) is 6.97. The van der Waals surface area contributed by atoms with Gasteiger partial charge in [-0.15, -0.1) is 0 Å². The van der Waals surface area contributed by atoms with Gasteiger partial charge < -0.3 is 9.84 Å². The molecule has 0 atom stereocenters. The van der Waals surface area contributed by atoms with Crippen LogP contribution in [-0.2, 0) is 13.2 Å². The molecule has 1 N–H and O–H groups in total. The van der Waals surface area contributed by atoms with E-state index < -0.39 is 0 Å². The van der Waals surface area contributed by atoms with Crippen LogP contribution < -0.4 is 4.74 Å². The molecule has 2 aromatic carbocycles. The molecular weight excluding hydrogens is 304 g/mol. The van der Waals surface area contributed by atoms with Gasteiger partial charge in [0.15, 0.2) is 0 Å². The summed E-state index contributed by atoms with van der Waals surface area (Å²) >= 11 is 3.45. The van der Waals surface area contributed by atoms with Crippen molar-refractivity contribution in [2.45, 2.75) is 27.1 Å². The Balaban J connectivity index is 2.16. The van der Waals surface area contributed by atoms with Crippen molar-refractivity contribution in [1.29, 1.82) is 0 Å². The van der Waals surface area contributed by atoms with Gasteiger partial charge in [-0.3, -0.25) is 0 Å². The second kappa shape index (κ2) is 6.22. The topological polar surface area (TPSA) is 29.5 Å². The fourth-order valence-electron chi connectivity index (χ4n) is 2.14. The fourth-order valence-corrected chi connectivity index (χ4v) is 2.59. The van der Waals surface area contributed by atoms with Crippen LogP contribution in [0, 0.1) is 13.8 Å². The summed E-state index contributed by atoms with van der Waals surface area (Å²) in [5, 5.41) is 9.17. The van der Waals surface area contributed by atoms with Crippen LogP contribution in [0.25, 0.3) is 0 Å². The molecule has 0 unspecified atom stereocenters. The Morgan fingerprint density at radius 1 is 1.05 bits per heavy atom. The third kappa shape index (κ3) is 3.58. The van der Waals surface area contributed by atoms with Crippen molar-refractivity contribution >= 4 is 15.9 Å². The van der Waals surface area contributed by atoms with Crippen LogP contribution in [0.15, 0.2) is 40.9 Å². The van der Waals surface area contributed by atoms with Crippen LogP contribution in [0.5, 0.6) is 5.75 Å². The number of aliphatic hydroxyl groups excluding tert-OH is 1. The first-order valence-electron chi connectivity index (χ1n) is 6.18. The molecule has 0 radical (unpaired) electrons. The maximum atomic E-state index is 9.17. The van der Waals surface area contributed by atoms with E-state index in [2.05, 4.69) is 15.9 Å². The summed E-state index contributed by atoms with van der Waals surface area (Å²) < 4.78 is 6.96. The highest BCUT2D eigenvalue weighted by molar-refractivity contribution is 9.10. The molecule has 0 bridgehead atoms. The predicted octanol–water partition coefficient (Wildman–Crippen LogP) is 4.14. The number of rotatable bonds is 4. The van der Waals surface area contributed by atoms with E-state index in [1.54, 1.807) is 0 Å². The zero-order valence-corrected chi connectivity index (χ0v) is 12.7. The van der Waals surface area contributed by atoms with Crippen LogP contribution in [0.1, 0.15) is 22.3 Å². The molecular formula is C16H17BrO2. The van der Waals surface area contributed by atoms with E-state index in [-0.39, 0.29) is 6.61 Å². The second-order valence-electron chi connectivity index (χ2n) is 4.64. The molecule has 0 amide bonds. The van der Waals surface area contributed by atoms with Gasteiger partial charge in [-0.1, -0.05) is 40.2 Å². The van der Waals surface area contributed by atoms with E-state index >= 15 is 0 Å². The van der Waals surface area contributed by atoms with Crippen molar-refractivity contribution in [1.82, 2.24) is 0 Å². The molecule has 2 nitrogen and oxygen atoms in total. The summed E-state index contributed by atoms with van der Waals surface area (Å²) in [5.74, 6) is 0.900. The molecule has 0 aromatic heterocycles. The largest absolute Gasteiger partial charge is 0.488 e. The average Bonchev–Trinajstić information content (AvgIpc) is 2.37. The SMILES string of the molecule is Cc1cc(CO)cc(C)c1OCc1cccc(Br)c1. The standard InChI is InChI=1S/C16H17BrO2/c1-11-6-14(9-18)7-12(2)16(11)19-10-13-4-3-5-15(17)8-13/h3-8,18H,9-10H2,1-2H3. The lowest BCUT2D eigenvalue weighted by Gasteiger charge is -2.13. The number of aliphatic hydroxyl groups is 1. The lowest BCUT2D eigenvalue weighted by atomic mass is 10.1. The zero-order chi connectivity index (χ0) is 13.8. The third-order valence-electron chi connectivity index (χ3n) is 2.97. The molecule has 19 heavy (non-hydrogen) atoms. The lowest BCUT2D eigenvalue weighted by Crippen LogP contribution is -2.00. The molecule has 0 aliphatic rings. The molecule has 0 aliphatic carbocycles. The van der Waals surface area contributed by atoms with Crippen molar-refractivity contribution < 1.29 is 9.84 Å². The molecule has 0 saturated heterocycles. The Morgan fingerprint density at radius 2 is 1.74 bits per heavy atom. The Kier molecular flexibility index (Phi) is 4.61. The molecule has 3 heteroatoms. The van der Waals surface area contributed by atoms with E-state index in [4.69, 9.17) is 9.84 Å². The number of ether oxygens (including phenoxy) is 1. The Morgan fingerprint density at radius 3 is 2.32 bits per heavy atom. The Bertz CT molecular complexity index is 556. The number of hydrogen-bond acceptors (Lipinski definition) is 2. The highest BCUT2D eigenvalue weighted by atomic mass is 79.9. The predicted molar refractivity (Wildman–Crippen MR) is 80.3 cm³/mol. The first kappa shape index (κ1) is 14.1. The molecule has 100 valence electrons. The highest BCUT2D eigenvalue weighted by Crippen LogP contribution is 2.26. The third-order valence-corrected chi connectivity index (χ3v) is 3.47. The molecule has 2 aromatic rings. The summed E-state index contributed by atoms with van der Waals surface area (Å²) in [4.78, 5) is 0. The lowest BCUT2D eigenvalue weighted by molar-refractivity contribution is 0.280. The molecule has 2 rings (SSSR count). The van der Waals surface area contributed by atoms with Gasteiger partial charge in [0.2, 0.25) is 0 Å². The van der Waals surface area contributed by atoms with Crippen molar-refractivity contribution in [3.05, 3.63) is 63.1 Å². The maximum Gasteiger partial charge on any atom is 0.125 e. The van der Waals surface area contributed by atoms with Gasteiger partial charge in [-0.25, -0.2) is 0 Å². The normalized spacial score (nSPS) is 10.5. The van der Waals surface area contributed by atoms with Gasteiger partial charge in [0.05, 0.1) is 6.61 Å².